The first-order valence-electron chi connectivity index (χ1n) is 10.5. The molecular formula is C26H31NO4. The van der Waals surface area contributed by atoms with Crippen molar-refractivity contribution in [2.75, 3.05) is 33.9 Å². The first kappa shape index (κ1) is 22.7. The van der Waals surface area contributed by atoms with Gasteiger partial charge in [0.05, 0.1) is 13.7 Å². The van der Waals surface area contributed by atoms with Crippen LogP contribution in [0.1, 0.15) is 12.5 Å². The molecule has 5 nitrogen and oxygen atoms in total. The highest BCUT2D eigenvalue weighted by molar-refractivity contribution is 5.63. The topological polar surface area (TPSA) is 51.2 Å². The van der Waals surface area contributed by atoms with Gasteiger partial charge in [0.25, 0.3) is 0 Å². The third-order valence-electron chi connectivity index (χ3n) is 4.91. The monoisotopic (exact) mass is 421 g/mol. The SMILES string of the molecule is CCOc1ccc(CN(C)CC(O)COc2ccc(-c3ccccc3)cc2)cc1OC. The summed E-state index contributed by atoms with van der Waals surface area (Å²) in [6.45, 7) is 3.96. The molecule has 3 aromatic rings. The fourth-order valence-corrected chi connectivity index (χ4v) is 3.44. The Hall–Kier alpha value is -3.02. The number of hydrogen-bond acceptors (Lipinski definition) is 5. The first-order valence-corrected chi connectivity index (χ1v) is 10.5. The van der Waals surface area contributed by atoms with Crippen LogP contribution in [-0.2, 0) is 6.54 Å². The molecule has 0 aromatic heterocycles. The van der Waals surface area contributed by atoms with Gasteiger partial charge in [0, 0.05) is 13.1 Å². The average Bonchev–Trinajstić information content (AvgIpc) is 2.79. The van der Waals surface area contributed by atoms with E-state index in [2.05, 4.69) is 17.0 Å². The number of aliphatic hydroxyl groups excluding tert-OH is 1. The molecule has 0 spiro atoms. The van der Waals surface area contributed by atoms with Crippen LogP contribution in [0.2, 0.25) is 0 Å². The van der Waals surface area contributed by atoms with E-state index in [-0.39, 0.29) is 6.61 Å². The second-order valence-electron chi connectivity index (χ2n) is 7.47. The van der Waals surface area contributed by atoms with Crippen molar-refractivity contribution in [1.29, 1.82) is 0 Å². The minimum absolute atomic E-state index is 0.238. The Morgan fingerprint density at radius 2 is 1.58 bits per heavy atom. The number of likely N-dealkylation sites (N-methyl/N-ethyl adjacent to an activating group) is 1. The lowest BCUT2D eigenvalue weighted by atomic mass is 10.1. The van der Waals surface area contributed by atoms with Crippen LogP contribution in [0.3, 0.4) is 0 Å². The van der Waals surface area contributed by atoms with E-state index in [1.165, 1.54) is 5.56 Å². The summed E-state index contributed by atoms with van der Waals surface area (Å²) < 4.78 is 16.8. The van der Waals surface area contributed by atoms with E-state index in [0.29, 0.717) is 19.7 Å². The van der Waals surface area contributed by atoms with E-state index in [1.807, 2.05) is 74.6 Å². The maximum atomic E-state index is 10.4. The quantitative estimate of drug-likeness (QED) is 0.489. The standard InChI is InChI=1S/C26H31NO4/c1-4-30-25-15-10-20(16-26(25)29-3)17-27(2)18-23(28)19-31-24-13-11-22(12-14-24)21-8-6-5-7-9-21/h5-16,23,28H,4,17-19H2,1-3H3. The summed E-state index contributed by atoms with van der Waals surface area (Å²) in [5.74, 6) is 2.20. The van der Waals surface area contributed by atoms with E-state index in [4.69, 9.17) is 14.2 Å². The summed E-state index contributed by atoms with van der Waals surface area (Å²) in [4.78, 5) is 2.06. The largest absolute Gasteiger partial charge is 0.493 e. The highest BCUT2D eigenvalue weighted by Gasteiger charge is 2.12. The van der Waals surface area contributed by atoms with Gasteiger partial charge in [-0.2, -0.15) is 0 Å². The molecule has 0 aliphatic heterocycles. The predicted molar refractivity (Wildman–Crippen MR) is 124 cm³/mol. The number of hydrogen-bond donors (Lipinski definition) is 1. The molecule has 0 aliphatic rings. The van der Waals surface area contributed by atoms with E-state index < -0.39 is 6.10 Å². The number of nitrogens with zero attached hydrogens (tertiary/aromatic N) is 1. The van der Waals surface area contributed by atoms with Crippen LogP contribution in [0.4, 0.5) is 0 Å². The van der Waals surface area contributed by atoms with Crippen LogP contribution in [0.25, 0.3) is 11.1 Å². The third kappa shape index (κ3) is 6.74. The van der Waals surface area contributed by atoms with Crippen molar-refractivity contribution in [3.05, 3.63) is 78.4 Å². The van der Waals surface area contributed by atoms with Crippen molar-refractivity contribution in [2.45, 2.75) is 19.6 Å². The van der Waals surface area contributed by atoms with Crippen molar-refractivity contribution in [2.24, 2.45) is 0 Å². The number of methoxy groups -OCH3 is 1. The second kappa shape index (κ2) is 11.4. The molecule has 0 saturated carbocycles. The molecule has 31 heavy (non-hydrogen) atoms. The van der Waals surface area contributed by atoms with Gasteiger partial charge >= 0.3 is 0 Å². The summed E-state index contributed by atoms with van der Waals surface area (Å²) in [5, 5.41) is 10.4. The molecular weight excluding hydrogens is 390 g/mol. The Morgan fingerprint density at radius 3 is 2.26 bits per heavy atom. The average molecular weight is 422 g/mol. The molecule has 0 bridgehead atoms. The number of ether oxygens (including phenoxy) is 3. The van der Waals surface area contributed by atoms with Gasteiger partial charge in [0.15, 0.2) is 11.5 Å². The van der Waals surface area contributed by atoms with E-state index >= 15 is 0 Å². The zero-order valence-corrected chi connectivity index (χ0v) is 18.5. The Kier molecular flexibility index (Phi) is 8.33. The summed E-state index contributed by atoms with van der Waals surface area (Å²) in [7, 11) is 3.61. The molecule has 0 radical (unpaired) electrons. The lowest BCUT2D eigenvalue weighted by molar-refractivity contribution is 0.0744. The molecule has 0 fully saturated rings. The van der Waals surface area contributed by atoms with Crippen LogP contribution in [0.5, 0.6) is 17.2 Å². The smallest absolute Gasteiger partial charge is 0.161 e. The predicted octanol–water partition coefficient (Wildman–Crippen LogP) is 4.63. The molecule has 3 aromatic carbocycles. The molecule has 1 N–H and O–H groups in total. The highest BCUT2D eigenvalue weighted by Crippen LogP contribution is 2.28. The molecule has 0 amide bonds. The third-order valence-corrected chi connectivity index (χ3v) is 4.91. The van der Waals surface area contributed by atoms with Crippen molar-refractivity contribution in [1.82, 2.24) is 4.90 Å². The Bertz CT molecular complexity index is 928. The molecule has 1 unspecified atom stereocenters. The minimum atomic E-state index is -0.594. The Labute approximate surface area is 184 Å². The summed E-state index contributed by atoms with van der Waals surface area (Å²) in [6, 6.07) is 24.0. The Morgan fingerprint density at radius 1 is 0.871 bits per heavy atom. The van der Waals surface area contributed by atoms with Crippen LogP contribution in [0.15, 0.2) is 72.8 Å². The maximum Gasteiger partial charge on any atom is 0.161 e. The first-order chi connectivity index (χ1) is 15.1. The lowest BCUT2D eigenvalue weighted by Crippen LogP contribution is -2.32. The van der Waals surface area contributed by atoms with Gasteiger partial charge < -0.3 is 19.3 Å². The molecule has 3 rings (SSSR count). The van der Waals surface area contributed by atoms with Gasteiger partial charge in [0.2, 0.25) is 0 Å². The molecule has 1 atom stereocenters. The van der Waals surface area contributed by atoms with E-state index in [9.17, 15) is 5.11 Å². The molecule has 5 heteroatoms. The van der Waals surface area contributed by atoms with Crippen molar-refractivity contribution in [3.63, 3.8) is 0 Å². The van der Waals surface area contributed by atoms with Crippen LogP contribution in [-0.4, -0.2) is 50.0 Å². The van der Waals surface area contributed by atoms with E-state index in [1.54, 1.807) is 7.11 Å². The van der Waals surface area contributed by atoms with Crippen LogP contribution >= 0.6 is 0 Å². The van der Waals surface area contributed by atoms with Gasteiger partial charge in [0.1, 0.15) is 18.5 Å². The minimum Gasteiger partial charge on any atom is -0.493 e. The zero-order chi connectivity index (χ0) is 22.1. The fraction of sp³-hybridized carbons (Fsp3) is 0.308. The van der Waals surface area contributed by atoms with Crippen LogP contribution < -0.4 is 14.2 Å². The normalized spacial score (nSPS) is 11.9. The van der Waals surface area contributed by atoms with Gasteiger partial charge in [-0.15, -0.1) is 0 Å². The maximum absolute atomic E-state index is 10.4. The van der Waals surface area contributed by atoms with Gasteiger partial charge in [-0.3, -0.25) is 4.90 Å². The summed E-state index contributed by atoms with van der Waals surface area (Å²) in [6.07, 6.45) is -0.594. The van der Waals surface area contributed by atoms with E-state index in [0.717, 1.165) is 28.4 Å². The fourth-order valence-electron chi connectivity index (χ4n) is 3.44. The van der Waals surface area contributed by atoms with Crippen molar-refractivity contribution < 1.29 is 19.3 Å². The summed E-state index contributed by atoms with van der Waals surface area (Å²) in [5.41, 5.74) is 3.40. The lowest BCUT2D eigenvalue weighted by Gasteiger charge is -2.21. The Balaban J connectivity index is 1.47. The second-order valence-corrected chi connectivity index (χ2v) is 7.47. The van der Waals surface area contributed by atoms with Crippen LogP contribution in [0, 0.1) is 0 Å². The van der Waals surface area contributed by atoms with Gasteiger partial charge in [-0.05, 0) is 54.9 Å². The highest BCUT2D eigenvalue weighted by atomic mass is 16.5. The zero-order valence-electron chi connectivity index (χ0n) is 18.5. The number of aliphatic hydroxyl groups is 1. The summed E-state index contributed by atoms with van der Waals surface area (Å²) >= 11 is 0. The molecule has 0 heterocycles. The molecule has 0 saturated heterocycles. The number of benzene rings is 3. The van der Waals surface area contributed by atoms with Gasteiger partial charge in [-0.25, -0.2) is 0 Å². The van der Waals surface area contributed by atoms with Gasteiger partial charge in [-0.1, -0.05) is 48.5 Å². The molecule has 164 valence electrons. The van der Waals surface area contributed by atoms with Crippen molar-refractivity contribution in [3.8, 4) is 28.4 Å². The van der Waals surface area contributed by atoms with Crippen molar-refractivity contribution >= 4 is 0 Å². The number of rotatable bonds is 11. The molecule has 0 aliphatic carbocycles.